The molecule has 1 rings (SSSR count). The number of thioether (sulfide) groups is 1. The van der Waals surface area contributed by atoms with Crippen molar-refractivity contribution in [3.8, 4) is 0 Å². The topological polar surface area (TPSA) is 20.2 Å². The molecule has 1 aliphatic carbocycles. The molecule has 0 spiro atoms. The van der Waals surface area contributed by atoms with Gasteiger partial charge in [-0.05, 0) is 30.8 Å². The molecule has 10 heavy (non-hydrogen) atoms. The van der Waals surface area contributed by atoms with Crippen LogP contribution >= 0.6 is 11.8 Å². The van der Waals surface area contributed by atoms with Gasteiger partial charge in [0.15, 0.2) is 0 Å². The van der Waals surface area contributed by atoms with Crippen molar-refractivity contribution in [1.29, 1.82) is 0 Å². The molecule has 0 aromatic heterocycles. The van der Waals surface area contributed by atoms with Crippen molar-refractivity contribution < 1.29 is 5.11 Å². The molecular formula is C8H16OS. The molecule has 1 nitrogen and oxygen atoms in total. The largest absolute Gasteiger partial charge is 0.393 e. The SMILES string of the molecule is CSCCC(O)CC1CC1. The van der Waals surface area contributed by atoms with Gasteiger partial charge in [0.2, 0.25) is 0 Å². The van der Waals surface area contributed by atoms with E-state index in [2.05, 4.69) is 6.26 Å². The normalized spacial score (nSPS) is 21.0. The zero-order valence-corrected chi connectivity index (χ0v) is 7.36. The number of hydrogen-bond donors (Lipinski definition) is 1. The number of aliphatic hydroxyl groups is 1. The molecule has 0 heterocycles. The number of rotatable bonds is 5. The van der Waals surface area contributed by atoms with Gasteiger partial charge < -0.3 is 5.11 Å². The molecule has 1 N–H and O–H groups in total. The predicted molar refractivity (Wildman–Crippen MR) is 46.3 cm³/mol. The van der Waals surface area contributed by atoms with Crippen molar-refractivity contribution in [2.45, 2.75) is 31.8 Å². The van der Waals surface area contributed by atoms with E-state index in [1.165, 1.54) is 12.8 Å². The standard InChI is InChI=1S/C8H16OS/c1-10-5-4-8(9)6-7-2-3-7/h7-9H,2-6H2,1H3. The van der Waals surface area contributed by atoms with Crippen molar-refractivity contribution in [3.05, 3.63) is 0 Å². The molecule has 0 aliphatic heterocycles. The first-order valence-electron chi connectivity index (χ1n) is 4.00. The molecule has 0 aromatic rings. The summed E-state index contributed by atoms with van der Waals surface area (Å²) >= 11 is 1.82. The van der Waals surface area contributed by atoms with Crippen LogP contribution in [0.3, 0.4) is 0 Å². The Morgan fingerprint density at radius 2 is 2.30 bits per heavy atom. The van der Waals surface area contributed by atoms with Gasteiger partial charge in [-0.25, -0.2) is 0 Å². The highest BCUT2D eigenvalue weighted by Gasteiger charge is 2.23. The molecule has 1 fully saturated rings. The minimum atomic E-state index is -0.0139. The summed E-state index contributed by atoms with van der Waals surface area (Å²) in [6.07, 6.45) is 6.83. The Morgan fingerprint density at radius 1 is 1.60 bits per heavy atom. The van der Waals surface area contributed by atoms with E-state index in [0.717, 1.165) is 24.5 Å². The van der Waals surface area contributed by atoms with Gasteiger partial charge in [-0.1, -0.05) is 12.8 Å². The second kappa shape index (κ2) is 4.24. The van der Waals surface area contributed by atoms with Gasteiger partial charge in [-0.3, -0.25) is 0 Å². The fourth-order valence-electron chi connectivity index (χ4n) is 1.11. The van der Waals surface area contributed by atoms with Crippen LogP contribution in [0.4, 0.5) is 0 Å². The lowest BCUT2D eigenvalue weighted by atomic mass is 10.1. The number of aliphatic hydroxyl groups excluding tert-OH is 1. The lowest BCUT2D eigenvalue weighted by Gasteiger charge is -2.07. The van der Waals surface area contributed by atoms with E-state index in [0.29, 0.717) is 0 Å². The molecule has 2 heteroatoms. The Hall–Kier alpha value is 0.310. The highest BCUT2D eigenvalue weighted by molar-refractivity contribution is 7.98. The van der Waals surface area contributed by atoms with Crippen LogP contribution in [-0.2, 0) is 0 Å². The minimum Gasteiger partial charge on any atom is -0.393 e. The molecule has 0 amide bonds. The second-order valence-corrected chi connectivity index (χ2v) is 4.10. The van der Waals surface area contributed by atoms with E-state index in [1.54, 1.807) is 0 Å². The van der Waals surface area contributed by atoms with Gasteiger partial charge in [-0.15, -0.1) is 0 Å². The number of hydrogen-bond acceptors (Lipinski definition) is 2. The van der Waals surface area contributed by atoms with Gasteiger partial charge in [0.25, 0.3) is 0 Å². The first-order valence-corrected chi connectivity index (χ1v) is 5.39. The van der Waals surface area contributed by atoms with Gasteiger partial charge in [0.1, 0.15) is 0 Å². The lowest BCUT2D eigenvalue weighted by molar-refractivity contribution is 0.155. The highest BCUT2D eigenvalue weighted by atomic mass is 32.2. The lowest BCUT2D eigenvalue weighted by Crippen LogP contribution is -2.08. The van der Waals surface area contributed by atoms with E-state index in [-0.39, 0.29) is 6.10 Å². The zero-order chi connectivity index (χ0) is 7.40. The predicted octanol–water partition coefficient (Wildman–Crippen LogP) is 1.90. The molecule has 0 bridgehead atoms. The summed E-state index contributed by atoms with van der Waals surface area (Å²) in [5.41, 5.74) is 0. The molecule has 0 radical (unpaired) electrons. The summed E-state index contributed by atoms with van der Waals surface area (Å²) in [5.74, 6) is 1.98. The van der Waals surface area contributed by atoms with E-state index >= 15 is 0 Å². The maximum absolute atomic E-state index is 9.38. The summed E-state index contributed by atoms with van der Waals surface area (Å²) in [4.78, 5) is 0. The Morgan fingerprint density at radius 3 is 2.80 bits per heavy atom. The zero-order valence-electron chi connectivity index (χ0n) is 6.55. The Kier molecular flexibility index (Phi) is 3.57. The molecular weight excluding hydrogens is 144 g/mol. The molecule has 1 saturated carbocycles. The highest BCUT2D eigenvalue weighted by Crippen LogP contribution is 2.34. The summed E-state index contributed by atoms with van der Waals surface area (Å²) in [6, 6.07) is 0. The molecule has 1 aliphatic rings. The minimum absolute atomic E-state index is 0.0139. The van der Waals surface area contributed by atoms with Crippen LogP contribution in [0, 0.1) is 5.92 Å². The fraction of sp³-hybridized carbons (Fsp3) is 1.00. The van der Waals surface area contributed by atoms with E-state index in [1.807, 2.05) is 11.8 Å². The van der Waals surface area contributed by atoms with Gasteiger partial charge in [-0.2, -0.15) is 11.8 Å². The van der Waals surface area contributed by atoms with Crippen LogP contribution in [0.15, 0.2) is 0 Å². The fourth-order valence-corrected chi connectivity index (χ4v) is 1.62. The smallest absolute Gasteiger partial charge is 0.0550 e. The monoisotopic (exact) mass is 160 g/mol. The molecule has 0 saturated heterocycles. The summed E-state index contributed by atoms with van der Waals surface area (Å²) in [6.45, 7) is 0. The van der Waals surface area contributed by atoms with Crippen LogP contribution in [0.25, 0.3) is 0 Å². The molecule has 1 unspecified atom stereocenters. The maximum Gasteiger partial charge on any atom is 0.0550 e. The average molecular weight is 160 g/mol. The third-order valence-electron chi connectivity index (χ3n) is 1.96. The summed E-state index contributed by atoms with van der Waals surface area (Å²) < 4.78 is 0. The van der Waals surface area contributed by atoms with Gasteiger partial charge in [0.05, 0.1) is 6.10 Å². The average Bonchev–Trinajstić information content (AvgIpc) is 2.67. The Labute approximate surface area is 67.2 Å². The third-order valence-corrected chi connectivity index (χ3v) is 2.60. The molecule has 1 atom stereocenters. The Bertz CT molecular complexity index is 91.3. The quantitative estimate of drug-likeness (QED) is 0.663. The van der Waals surface area contributed by atoms with Crippen LogP contribution in [0.2, 0.25) is 0 Å². The van der Waals surface area contributed by atoms with Crippen molar-refractivity contribution in [2.75, 3.05) is 12.0 Å². The van der Waals surface area contributed by atoms with Crippen LogP contribution in [0.5, 0.6) is 0 Å². The van der Waals surface area contributed by atoms with E-state index in [9.17, 15) is 5.11 Å². The van der Waals surface area contributed by atoms with Crippen LogP contribution in [0.1, 0.15) is 25.7 Å². The Balaban J connectivity index is 1.91. The van der Waals surface area contributed by atoms with Crippen molar-refractivity contribution in [2.24, 2.45) is 5.92 Å². The van der Waals surface area contributed by atoms with Crippen molar-refractivity contribution in [1.82, 2.24) is 0 Å². The second-order valence-electron chi connectivity index (χ2n) is 3.11. The van der Waals surface area contributed by atoms with Crippen LogP contribution in [-0.4, -0.2) is 23.2 Å². The van der Waals surface area contributed by atoms with E-state index < -0.39 is 0 Å². The van der Waals surface area contributed by atoms with Gasteiger partial charge in [0, 0.05) is 0 Å². The first-order chi connectivity index (χ1) is 4.83. The molecule has 0 aromatic carbocycles. The summed E-state index contributed by atoms with van der Waals surface area (Å²) in [7, 11) is 0. The van der Waals surface area contributed by atoms with Crippen LogP contribution < -0.4 is 0 Å². The first kappa shape index (κ1) is 8.41. The maximum atomic E-state index is 9.38. The summed E-state index contributed by atoms with van der Waals surface area (Å²) in [5, 5.41) is 9.38. The van der Waals surface area contributed by atoms with Gasteiger partial charge >= 0.3 is 0 Å². The van der Waals surface area contributed by atoms with Crippen molar-refractivity contribution >= 4 is 11.8 Å². The molecule has 60 valence electrons. The van der Waals surface area contributed by atoms with Crippen molar-refractivity contribution in [3.63, 3.8) is 0 Å². The third kappa shape index (κ3) is 3.47. The van der Waals surface area contributed by atoms with E-state index in [4.69, 9.17) is 0 Å².